The van der Waals surface area contributed by atoms with Crippen molar-refractivity contribution in [2.75, 3.05) is 18.0 Å². The zero-order valence-electron chi connectivity index (χ0n) is 14.7. The molecule has 1 aromatic carbocycles. The van der Waals surface area contributed by atoms with Crippen molar-refractivity contribution in [3.05, 3.63) is 58.0 Å². The summed E-state index contributed by atoms with van der Waals surface area (Å²) in [6.45, 7) is 12.7. The fraction of sp³-hybridized carbons (Fsp3) is 0.294. The molecule has 0 aliphatic carbocycles. The van der Waals surface area contributed by atoms with Gasteiger partial charge >= 0.3 is 27.2 Å². The summed E-state index contributed by atoms with van der Waals surface area (Å²) in [4.78, 5) is 24.0. The first-order chi connectivity index (χ1) is 9.97. The SMILES string of the molecule is [CH2-]C[CH2-].[CH2-]c1[c-]cc(N2C[C@H](CNC(C)=O)OC2=O)cc1.[CH3-].[V].[W+2].[Y]. The monoisotopic (exact) mass is 627 g/mol. The van der Waals surface area contributed by atoms with Gasteiger partial charge in [-0.1, -0.05) is 0 Å². The average Bonchev–Trinajstić information content (AvgIpc) is 2.80. The number of carbonyl (C=O) groups excluding carboxylic acids is 2. The van der Waals surface area contributed by atoms with Crippen LogP contribution in [0.4, 0.5) is 10.5 Å². The summed E-state index contributed by atoms with van der Waals surface area (Å²) >= 11 is 0. The van der Waals surface area contributed by atoms with E-state index in [9.17, 15) is 9.59 Å². The smallest absolute Gasteiger partial charge is 0.442 e. The van der Waals surface area contributed by atoms with E-state index in [2.05, 4.69) is 32.2 Å². The molecule has 2 radical (unpaired) electrons. The van der Waals surface area contributed by atoms with E-state index in [-0.39, 0.29) is 91.8 Å². The van der Waals surface area contributed by atoms with Crippen molar-refractivity contribution in [3.63, 3.8) is 0 Å². The summed E-state index contributed by atoms with van der Waals surface area (Å²) in [6.07, 6.45) is 0.0244. The number of anilines is 1. The van der Waals surface area contributed by atoms with E-state index in [1.807, 2.05) is 0 Å². The van der Waals surface area contributed by atoms with Crippen molar-refractivity contribution in [1.82, 2.24) is 5.32 Å². The number of cyclic esters (lactones) is 1. The van der Waals surface area contributed by atoms with Crippen LogP contribution in [0.5, 0.6) is 0 Å². The Bertz CT molecular complexity index is 489. The summed E-state index contributed by atoms with van der Waals surface area (Å²) in [7, 11) is 0. The second kappa shape index (κ2) is 17.6. The van der Waals surface area contributed by atoms with Gasteiger partial charge in [0.25, 0.3) is 0 Å². The van der Waals surface area contributed by atoms with Gasteiger partial charge in [-0.3, -0.25) is 15.8 Å². The molecule has 25 heavy (non-hydrogen) atoms. The Kier molecular flexibility index (Phi) is 23.1. The zero-order valence-corrected chi connectivity index (χ0v) is 21.8. The minimum Gasteiger partial charge on any atom is -0.442 e. The second-order valence-electron chi connectivity index (χ2n) is 4.48. The van der Waals surface area contributed by atoms with Crippen molar-refractivity contribution < 1.29 is 86.7 Å². The molecule has 0 spiro atoms. The molecule has 1 heterocycles. The van der Waals surface area contributed by atoms with Gasteiger partial charge in [-0.05, 0) is 5.69 Å². The van der Waals surface area contributed by atoms with Gasteiger partial charge in [-0.15, -0.1) is 6.07 Å². The Hall–Kier alpha value is 0.207. The minimum atomic E-state index is -0.407. The fourth-order valence-corrected chi connectivity index (χ4v) is 1.71. The topological polar surface area (TPSA) is 58.6 Å². The van der Waals surface area contributed by atoms with E-state index < -0.39 is 6.09 Å². The van der Waals surface area contributed by atoms with E-state index in [1.165, 1.54) is 11.8 Å². The Morgan fingerprint density at radius 1 is 1.44 bits per heavy atom. The zero-order chi connectivity index (χ0) is 15.8. The number of amides is 2. The quantitative estimate of drug-likeness (QED) is 0.525. The van der Waals surface area contributed by atoms with Crippen LogP contribution in [0.3, 0.4) is 0 Å². The van der Waals surface area contributed by atoms with E-state index in [4.69, 9.17) is 4.74 Å². The van der Waals surface area contributed by atoms with Crippen LogP contribution in [0.15, 0.2) is 18.2 Å². The average molecular weight is 627 g/mol. The number of hydrogen-bond acceptors (Lipinski definition) is 3. The normalized spacial score (nSPS) is 14.1. The van der Waals surface area contributed by atoms with Crippen LogP contribution >= 0.6 is 0 Å². The molecule has 0 unspecified atom stereocenters. The summed E-state index contributed by atoms with van der Waals surface area (Å²) in [5.74, 6) is -0.140. The first-order valence-electron chi connectivity index (χ1n) is 6.62. The van der Waals surface area contributed by atoms with Crippen LogP contribution < -0.4 is 10.2 Å². The van der Waals surface area contributed by atoms with Crippen molar-refractivity contribution in [2.45, 2.75) is 19.4 Å². The third-order valence-electron chi connectivity index (χ3n) is 2.63. The first kappa shape index (κ1) is 32.8. The van der Waals surface area contributed by atoms with Crippen LogP contribution in [0.25, 0.3) is 0 Å². The van der Waals surface area contributed by atoms with Crippen molar-refractivity contribution >= 4 is 17.7 Å². The molecular weight excluding hydrogens is 604 g/mol. The summed E-state index contributed by atoms with van der Waals surface area (Å²) in [5, 5.41) is 2.63. The van der Waals surface area contributed by atoms with E-state index in [0.29, 0.717) is 13.1 Å². The summed E-state index contributed by atoms with van der Waals surface area (Å²) in [6, 6.07) is 8.20. The summed E-state index contributed by atoms with van der Waals surface area (Å²) in [5.41, 5.74) is 1.49. The molecule has 2 rings (SSSR count). The van der Waals surface area contributed by atoms with Gasteiger partial charge in [-0.25, -0.2) is 4.79 Å². The maximum atomic E-state index is 11.7. The predicted molar refractivity (Wildman–Crippen MR) is 87.8 cm³/mol. The Morgan fingerprint density at radius 2 is 2.00 bits per heavy atom. The maximum Gasteiger partial charge on any atom is 2.00 e. The van der Waals surface area contributed by atoms with Crippen LogP contribution in [-0.4, -0.2) is 31.2 Å². The van der Waals surface area contributed by atoms with Gasteiger partial charge in [0.1, 0.15) is 6.10 Å². The van der Waals surface area contributed by atoms with Crippen LogP contribution in [0, 0.1) is 34.3 Å². The van der Waals surface area contributed by atoms with Gasteiger partial charge in [0.2, 0.25) is 5.91 Å². The van der Waals surface area contributed by atoms with Gasteiger partial charge in [0, 0.05) is 58.2 Å². The van der Waals surface area contributed by atoms with E-state index >= 15 is 0 Å². The van der Waals surface area contributed by atoms with Gasteiger partial charge < -0.3 is 56.3 Å². The number of hydrogen-bond donors (Lipinski definition) is 1. The number of carbonyl (C=O) groups is 2. The van der Waals surface area contributed by atoms with E-state index in [0.717, 1.165) is 17.7 Å². The Labute approximate surface area is 203 Å². The fourth-order valence-electron chi connectivity index (χ4n) is 1.71. The van der Waals surface area contributed by atoms with Crippen LogP contribution in [0.2, 0.25) is 0 Å². The standard InChI is InChI=1S/C13H14N2O3.C3H6.CH3.V.W.Y/c1-9-3-5-11(6-4-9)15-8-12(18-13(15)17)7-14-10(2)16;1-3-2;;;;/h3,5-6,12H,1,7-8H2,2H3,(H,14,16);1-3H2;1H3;;;/q2*-2;-1;;+2;/t12-;;;;;/m0...../s1. The summed E-state index contributed by atoms with van der Waals surface area (Å²) < 4.78 is 5.15. The molecule has 1 atom stereocenters. The van der Waals surface area contributed by atoms with Gasteiger partial charge in [0.05, 0.1) is 13.1 Å². The molecule has 2 amide bonds. The number of nitrogens with one attached hydrogen (secondary N) is 1. The third kappa shape index (κ3) is 12.3. The molecule has 0 aromatic heterocycles. The molecule has 8 heteroatoms. The van der Waals surface area contributed by atoms with Crippen molar-refractivity contribution in [1.29, 1.82) is 0 Å². The van der Waals surface area contributed by atoms with E-state index in [1.54, 1.807) is 18.2 Å². The number of ether oxygens (including phenoxy) is 1. The van der Waals surface area contributed by atoms with Crippen LogP contribution in [0.1, 0.15) is 18.9 Å². The van der Waals surface area contributed by atoms with Gasteiger partial charge in [0.15, 0.2) is 0 Å². The second-order valence-corrected chi connectivity index (χ2v) is 4.48. The number of rotatable bonds is 3. The van der Waals surface area contributed by atoms with Gasteiger partial charge in [-0.2, -0.15) is 6.07 Å². The molecule has 0 saturated carbocycles. The molecule has 0 bridgehead atoms. The molecule has 1 aliphatic rings. The molecule has 1 saturated heterocycles. The Balaban J connectivity index is -0.000000295. The number of benzene rings is 1. The van der Waals surface area contributed by atoms with Crippen molar-refractivity contribution in [3.8, 4) is 0 Å². The molecule has 1 aromatic rings. The molecule has 1 fully saturated rings. The molecule has 136 valence electrons. The molecule has 1 N–H and O–H groups in total. The molecule has 1 aliphatic heterocycles. The Morgan fingerprint density at radius 3 is 2.44 bits per heavy atom. The largest absolute Gasteiger partial charge is 2.00 e. The molecule has 5 nitrogen and oxygen atoms in total. The van der Waals surface area contributed by atoms with Crippen molar-refractivity contribution in [2.24, 2.45) is 0 Å². The first-order valence-corrected chi connectivity index (χ1v) is 6.62. The predicted octanol–water partition coefficient (Wildman–Crippen LogP) is 2.62. The maximum absolute atomic E-state index is 11.7. The molecular formula is C17H23N2O3VWY-3. The van der Waals surface area contributed by atoms with Crippen LogP contribution in [-0.2, 0) is 81.9 Å². The minimum absolute atomic E-state index is 0. The third-order valence-corrected chi connectivity index (χ3v) is 2.63. The number of nitrogens with zero attached hydrogens (tertiary/aromatic N) is 1.